The Kier molecular flexibility index (Phi) is 7.32. The van der Waals surface area contributed by atoms with Crippen LogP contribution in [0.4, 0.5) is 5.82 Å². The van der Waals surface area contributed by atoms with Gasteiger partial charge in [-0.1, -0.05) is 0 Å². The normalized spacial score (nSPS) is 11.0. The first kappa shape index (κ1) is 15.8. The van der Waals surface area contributed by atoms with Crippen LogP contribution in [0.5, 0.6) is 0 Å². The third-order valence-corrected chi connectivity index (χ3v) is 2.74. The second-order valence-electron chi connectivity index (χ2n) is 4.32. The molecule has 0 fully saturated rings. The van der Waals surface area contributed by atoms with Gasteiger partial charge in [0, 0.05) is 46.1 Å². The maximum atomic E-state index is 5.12. The number of rotatable bonds is 9. The molecular weight excluding hydrogens is 244 g/mol. The van der Waals surface area contributed by atoms with Crippen molar-refractivity contribution < 1.29 is 9.47 Å². The second-order valence-corrected chi connectivity index (χ2v) is 4.32. The minimum absolute atomic E-state index is 0.689. The zero-order chi connectivity index (χ0) is 14.1. The number of nitrogens with one attached hydrogen (secondary N) is 1. The van der Waals surface area contributed by atoms with E-state index in [1.54, 1.807) is 14.2 Å². The first-order valence-corrected chi connectivity index (χ1v) is 6.42. The first-order valence-electron chi connectivity index (χ1n) is 6.42. The lowest BCUT2D eigenvalue weighted by Gasteiger charge is -2.21. The van der Waals surface area contributed by atoms with Gasteiger partial charge in [0.25, 0.3) is 0 Å². The lowest BCUT2D eigenvalue weighted by atomic mass is 10.3. The number of hydrogen-bond acceptors (Lipinski definition) is 6. The molecule has 0 saturated carbocycles. The number of nitrogens with zero attached hydrogens (tertiary/aromatic N) is 3. The molecule has 1 N–H and O–H groups in total. The number of methoxy groups -OCH3 is 2. The molecule has 0 spiro atoms. The Morgan fingerprint density at radius 1 is 1.16 bits per heavy atom. The number of aromatic nitrogens is 2. The van der Waals surface area contributed by atoms with Gasteiger partial charge >= 0.3 is 0 Å². The van der Waals surface area contributed by atoms with E-state index in [1.165, 1.54) is 0 Å². The van der Waals surface area contributed by atoms with Crippen molar-refractivity contribution in [2.45, 2.75) is 13.5 Å². The van der Waals surface area contributed by atoms with E-state index in [4.69, 9.17) is 9.47 Å². The van der Waals surface area contributed by atoms with Gasteiger partial charge in [-0.15, -0.1) is 0 Å². The highest BCUT2D eigenvalue weighted by atomic mass is 16.5. The summed E-state index contributed by atoms with van der Waals surface area (Å²) < 4.78 is 10.2. The van der Waals surface area contributed by atoms with Gasteiger partial charge in [0.2, 0.25) is 0 Å². The molecular formula is C13H24N4O2. The van der Waals surface area contributed by atoms with Crippen molar-refractivity contribution in [3.8, 4) is 0 Å². The smallest absolute Gasteiger partial charge is 0.144 e. The van der Waals surface area contributed by atoms with Crippen molar-refractivity contribution in [2.75, 3.05) is 52.9 Å². The third-order valence-electron chi connectivity index (χ3n) is 2.74. The number of ether oxygens (including phenoxy) is 2. The third kappa shape index (κ3) is 5.96. The molecule has 19 heavy (non-hydrogen) atoms. The van der Waals surface area contributed by atoms with E-state index in [1.807, 2.05) is 20.0 Å². The standard InChI is InChI=1S/C13H24N4O2/c1-11-9-12(14-2)16-13(15-11)10-17(5-7-18-3)6-8-19-4/h9H,5-8,10H2,1-4H3,(H,14,15,16). The maximum absolute atomic E-state index is 5.12. The van der Waals surface area contributed by atoms with Gasteiger partial charge in [-0.25, -0.2) is 9.97 Å². The molecule has 0 aliphatic rings. The van der Waals surface area contributed by atoms with Crippen LogP contribution in [0.1, 0.15) is 11.5 Å². The summed E-state index contributed by atoms with van der Waals surface area (Å²) in [6.45, 7) is 5.73. The summed E-state index contributed by atoms with van der Waals surface area (Å²) in [7, 11) is 5.27. The lowest BCUT2D eigenvalue weighted by molar-refractivity contribution is 0.109. The lowest BCUT2D eigenvalue weighted by Crippen LogP contribution is -2.31. The van der Waals surface area contributed by atoms with E-state index >= 15 is 0 Å². The quantitative estimate of drug-likeness (QED) is 0.719. The molecule has 1 heterocycles. The molecule has 0 aliphatic carbocycles. The van der Waals surface area contributed by atoms with E-state index in [0.717, 1.165) is 30.4 Å². The van der Waals surface area contributed by atoms with Gasteiger partial charge in [-0.3, -0.25) is 4.90 Å². The highest BCUT2D eigenvalue weighted by molar-refractivity contribution is 5.34. The van der Waals surface area contributed by atoms with Crippen molar-refractivity contribution in [3.63, 3.8) is 0 Å². The molecule has 0 saturated heterocycles. The molecule has 6 heteroatoms. The van der Waals surface area contributed by atoms with Gasteiger partial charge < -0.3 is 14.8 Å². The van der Waals surface area contributed by atoms with E-state index in [0.29, 0.717) is 19.8 Å². The molecule has 1 rings (SSSR count). The zero-order valence-corrected chi connectivity index (χ0v) is 12.3. The van der Waals surface area contributed by atoms with Crippen LogP contribution in [0, 0.1) is 6.92 Å². The fourth-order valence-corrected chi connectivity index (χ4v) is 1.74. The van der Waals surface area contributed by atoms with E-state index in [-0.39, 0.29) is 0 Å². The molecule has 0 radical (unpaired) electrons. The van der Waals surface area contributed by atoms with E-state index in [2.05, 4.69) is 20.2 Å². The maximum Gasteiger partial charge on any atom is 0.144 e. The summed E-state index contributed by atoms with van der Waals surface area (Å²) >= 11 is 0. The monoisotopic (exact) mass is 268 g/mol. The molecule has 0 aromatic carbocycles. The van der Waals surface area contributed by atoms with Crippen LogP contribution in [0.2, 0.25) is 0 Å². The van der Waals surface area contributed by atoms with Crippen LogP contribution in [0.15, 0.2) is 6.07 Å². The fraction of sp³-hybridized carbons (Fsp3) is 0.692. The van der Waals surface area contributed by atoms with Crippen LogP contribution in [-0.4, -0.2) is 62.4 Å². The van der Waals surface area contributed by atoms with Crippen LogP contribution in [0.25, 0.3) is 0 Å². The molecule has 6 nitrogen and oxygen atoms in total. The molecule has 1 aromatic heterocycles. The highest BCUT2D eigenvalue weighted by Gasteiger charge is 2.09. The van der Waals surface area contributed by atoms with Gasteiger partial charge in [-0.05, 0) is 6.92 Å². The molecule has 108 valence electrons. The van der Waals surface area contributed by atoms with Crippen molar-refractivity contribution in [1.29, 1.82) is 0 Å². The number of anilines is 1. The van der Waals surface area contributed by atoms with Crippen molar-refractivity contribution in [3.05, 3.63) is 17.6 Å². The highest BCUT2D eigenvalue weighted by Crippen LogP contribution is 2.07. The summed E-state index contributed by atoms with van der Waals surface area (Å²) in [5.41, 5.74) is 0.966. The first-order chi connectivity index (χ1) is 9.19. The van der Waals surface area contributed by atoms with Gasteiger partial charge in [0.05, 0.1) is 19.8 Å². The second kappa shape index (κ2) is 8.79. The number of aryl methyl sites for hydroxylation is 1. The molecule has 0 atom stereocenters. The van der Waals surface area contributed by atoms with Crippen molar-refractivity contribution in [2.24, 2.45) is 0 Å². The minimum atomic E-state index is 0.689. The summed E-state index contributed by atoms with van der Waals surface area (Å²) in [4.78, 5) is 11.1. The molecule has 1 aromatic rings. The minimum Gasteiger partial charge on any atom is -0.383 e. The van der Waals surface area contributed by atoms with E-state index < -0.39 is 0 Å². The Morgan fingerprint density at radius 2 is 1.79 bits per heavy atom. The van der Waals surface area contributed by atoms with E-state index in [9.17, 15) is 0 Å². The summed E-state index contributed by atoms with van der Waals surface area (Å²) in [6, 6.07) is 1.93. The summed E-state index contributed by atoms with van der Waals surface area (Å²) in [5.74, 6) is 1.66. The van der Waals surface area contributed by atoms with Crippen molar-refractivity contribution in [1.82, 2.24) is 14.9 Å². The average molecular weight is 268 g/mol. The predicted molar refractivity (Wildman–Crippen MR) is 75.3 cm³/mol. The van der Waals surface area contributed by atoms with Gasteiger partial charge in [-0.2, -0.15) is 0 Å². The van der Waals surface area contributed by atoms with Gasteiger partial charge in [0.15, 0.2) is 0 Å². The topological polar surface area (TPSA) is 59.5 Å². The largest absolute Gasteiger partial charge is 0.383 e. The Balaban J connectivity index is 2.67. The zero-order valence-electron chi connectivity index (χ0n) is 12.3. The van der Waals surface area contributed by atoms with Crippen LogP contribution < -0.4 is 5.32 Å². The molecule has 0 aliphatic heterocycles. The van der Waals surface area contributed by atoms with Crippen LogP contribution >= 0.6 is 0 Å². The molecule has 0 amide bonds. The SMILES string of the molecule is CNc1cc(C)nc(CN(CCOC)CCOC)n1. The Labute approximate surface area is 115 Å². The average Bonchev–Trinajstić information content (AvgIpc) is 2.41. The predicted octanol–water partition coefficient (Wildman–Crippen LogP) is 0.922. The summed E-state index contributed by atoms with van der Waals surface area (Å²) in [5, 5.41) is 3.05. The van der Waals surface area contributed by atoms with Crippen LogP contribution in [0.3, 0.4) is 0 Å². The van der Waals surface area contributed by atoms with Crippen molar-refractivity contribution >= 4 is 5.82 Å². The van der Waals surface area contributed by atoms with Gasteiger partial charge in [0.1, 0.15) is 11.6 Å². The summed E-state index contributed by atoms with van der Waals surface area (Å²) in [6.07, 6.45) is 0. The fourth-order valence-electron chi connectivity index (χ4n) is 1.74. The van der Waals surface area contributed by atoms with Crippen LogP contribution in [-0.2, 0) is 16.0 Å². The number of hydrogen-bond donors (Lipinski definition) is 1. The molecule has 0 unspecified atom stereocenters. The Bertz CT molecular complexity index is 366. The molecule has 0 bridgehead atoms. The Morgan fingerprint density at radius 3 is 2.32 bits per heavy atom. The Hall–Kier alpha value is -1.24.